The van der Waals surface area contributed by atoms with Crippen molar-refractivity contribution in [3.05, 3.63) is 35.4 Å². The highest BCUT2D eigenvalue weighted by Crippen LogP contribution is 2.31. The predicted molar refractivity (Wildman–Crippen MR) is 79.9 cm³/mol. The van der Waals surface area contributed by atoms with Crippen LogP contribution in [-0.2, 0) is 0 Å². The van der Waals surface area contributed by atoms with Gasteiger partial charge in [-0.15, -0.1) is 11.6 Å². The van der Waals surface area contributed by atoms with Gasteiger partial charge in [-0.25, -0.2) is 0 Å². The van der Waals surface area contributed by atoms with E-state index in [1.54, 1.807) is 0 Å². The number of benzene rings is 1. The number of halogens is 1. The third-order valence-corrected chi connectivity index (χ3v) is 4.55. The maximum atomic E-state index is 12.3. The molecule has 0 aliphatic heterocycles. The lowest BCUT2D eigenvalue weighted by Crippen LogP contribution is -2.47. The summed E-state index contributed by atoms with van der Waals surface area (Å²) < 4.78 is 0. The van der Waals surface area contributed by atoms with Crippen LogP contribution >= 0.6 is 11.6 Å². The van der Waals surface area contributed by atoms with E-state index in [0.717, 1.165) is 31.2 Å². The van der Waals surface area contributed by atoms with Crippen molar-refractivity contribution in [1.82, 2.24) is 5.32 Å². The maximum Gasteiger partial charge on any atom is 0.251 e. The van der Waals surface area contributed by atoms with Gasteiger partial charge in [0.1, 0.15) is 0 Å². The van der Waals surface area contributed by atoms with E-state index in [9.17, 15) is 4.79 Å². The van der Waals surface area contributed by atoms with Crippen LogP contribution in [0.4, 0.5) is 0 Å². The summed E-state index contributed by atoms with van der Waals surface area (Å²) in [5.41, 5.74) is 1.79. The number of hydrogen-bond donors (Lipinski definition) is 1. The molecule has 1 amide bonds. The van der Waals surface area contributed by atoms with Crippen molar-refractivity contribution in [2.24, 2.45) is 0 Å². The summed E-state index contributed by atoms with van der Waals surface area (Å²) in [6.45, 7) is 4.30. The van der Waals surface area contributed by atoms with Crippen LogP contribution in [0.1, 0.15) is 61.4 Å². The van der Waals surface area contributed by atoms with Gasteiger partial charge in [0.25, 0.3) is 5.91 Å². The third kappa shape index (κ3) is 3.30. The van der Waals surface area contributed by atoms with E-state index in [2.05, 4.69) is 19.2 Å². The summed E-state index contributed by atoms with van der Waals surface area (Å²) in [5, 5.41) is 3.14. The molecule has 0 heterocycles. The molecule has 0 bridgehead atoms. The second-order valence-electron chi connectivity index (χ2n) is 5.85. The SMILES string of the molecule is CC(C)c1ccc(C(=O)NC2(CCl)CCCC2)cc1. The van der Waals surface area contributed by atoms with Gasteiger partial charge in [-0.3, -0.25) is 4.79 Å². The quantitative estimate of drug-likeness (QED) is 0.827. The Morgan fingerprint density at radius 1 is 1.26 bits per heavy atom. The number of hydrogen-bond acceptors (Lipinski definition) is 1. The highest BCUT2D eigenvalue weighted by molar-refractivity contribution is 6.19. The standard InChI is InChI=1S/C16H22ClNO/c1-12(2)13-5-7-14(8-6-13)15(19)18-16(11-17)9-3-4-10-16/h5-8,12H,3-4,9-11H2,1-2H3,(H,18,19). The van der Waals surface area contributed by atoms with Crippen LogP contribution in [-0.4, -0.2) is 17.3 Å². The first-order valence-corrected chi connectivity index (χ1v) is 7.58. The van der Waals surface area contributed by atoms with E-state index in [4.69, 9.17) is 11.6 Å². The molecule has 104 valence electrons. The van der Waals surface area contributed by atoms with Crippen LogP contribution in [0, 0.1) is 0 Å². The first kappa shape index (κ1) is 14.4. The fraction of sp³-hybridized carbons (Fsp3) is 0.562. The Labute approximate surface area is 120 Å². The van der Waals surface area contributed by atoms with Crippen LogP contribution in [0.15, 0.2) is 24.3 Å². The normalized spacial score (nSPS) is 17.7. The zero-order valence-electron chi connectivity index (χ0n) is 11.7. The van der Waals surface area contributed by atoms with Crippen LogP contribution in [0.5, 0.6) is 0 Å². The highest BCUT2D eigenvalue weighted by Gasteiger charge is 2.34. The Kier molecular flexibility index (Phi) is 4.51. The summed E-state index contributed by atoms with van der Waals surface area (Å²) in [5.74, 6) is 0.988. The first-order chi connectivity index (χ1) is 9.06. The first-order valence-electron chi connectivity index (χ1n) is 7.05. The lowest BCUT2D eigenvalue weighted by atomic mass is 9.98. The number of amides is 1. The van der Waals surface area contributed by atoms with E-state index in [-0.39, 0.29) is 11.4 Å². The van der Waals surface area contributed by atoms with Gasteiger partial charge >= 0.3 is 0 Å². The average molecular weight is 280 g/mol. The van der Waals surface area contributed by atoms with E-state index >= 15 is 0 Å². The molecule has 1 aliphatic rings. The molecule has 3 heteroatoms. The fourth-order valence-corrected chi connectivity index (χ4v) is 3.01. The third-order valence-electron chi connectivity index (χ3n) is 4.03. The number of carbonyl (C=O) groups is 1. The molecule has 0 aromatic heterocycles. The van der Waals surface area contributed by atoms with Gasteiger partial charge in [-0.1, -0.05) is 38.8 Å². The Morgan fingerprint density at radius 3 is 2.32 bits per heavy atom. The van der Waals surface area contributed by atoms with Crippen molar-refractivity contribution in [3.63, 3.8) is 0 Å². The zero-order chi connectivity index (χ0) is 13.9. The predicted octanol–water partition coefficient (Wildman–Crippen LogP) is 4.09. The molecule has 1 fully saturated rings. The van der Waals surface area contributed by atoms with Gasteiger partial charge in [0, 0.05) is 11.4 Å². The summed E-state index contributed by atoms with van der Waals surface area (Å²) in [4.78, 5) is 12.3. The van der Waals surface area contributed by atoms with Crippen LogP contribution in [0.25, 0.3) is 0 Å². The molecule has 0 unspecified atom stereocenters. The van der Waals surface area contributed by atoms with Crippen LogP contribution in [0.2, 0.25) is 0 Å². The number of carbonyl (C=O) groups excluding carboxylic acids is 1. The number of rotatable bonds is 4. The Balaban J connectivity index is 2.07. The van der Waals surface area contributed by atoms with E-state index in [1.165, 1.54) is 5.56 Å². The molecule has 0 atom stereocenters. The molecule has 1 aliphatic carbocycles. The molecule has 1 N–H and O–H groups in total. The Bertz CT molecular complexity index is 433. The second-order valence-corrected chi connectivity index (χ2v) is 6.12. The topological polar surface area (TPSA) is 29.1 Å². The van der Waals surface area contributed by atoms with Crippen molar-refractivity contribution in [2.75, 3.05) is 5.88 Å². The van der Waals surface area contributed by atoms with Gasteiger partial charge in [0.05, 0.1) is 5.54 Å². The number of alkyl halides is 1. The molecular weight excluding hydrogens is 258 g/mol. The second kappa shape index (κ2) is 5.96. The zero-order valence-corrected chi connectivity index (χ0v) is 12.5. The van der Waals surface area contributed by atoms with Gasteiger partial charge < -0.3 is 5.32 Å². The molecule has 2 rings (SSSR count). The monoisotopic (exact) mass is 279 g/mol. The van der Waals surface area contributed by atoms with Gasteiger partial charge in [0.2, 0.25) is 0 Å². The minimum absolute atomic E-state index is 0.00199. The summed E-state index contributed by atoms with van der Waals surface area (Å²) in [7, 11) is 0. The smallest absolute Gasteiger partial charge is 0.251 e. The summed E-state index contributed by atoms with van der Waals surface area (Å²) in [6, 6.07) is 7.87. The fourth-order valence-electron chi connectivity index (χ4n) is 2.68. The lowest BCUT2D eigenvalue weighted by molar-refractivity contribution is 0.0909. The molecule has 0 spiro atoms. The molecule has 0 saturated heterocycles. The van der Waals surface area contributed by atoms with Crippen molar-refractivity contribution in [2.45, 2.75) is 51.0 Å². The molecule has 1 aromatic rings. The highest BCUT2D eigenvalue weighted by atomic mass is 35.5. The van der Waals surface area contributed by atoms with E-state index in [1.807, 2.05) is 24.3 Å². The summed E-state index contributed by atoms with van der Waals surface area (Å²) >= 11 is 6.05. The molecule has 1 saturated carbocycles. The minimum Gasteiger partial charge on any atom is -0.345 e. The molecule has 1 aromatic carbocycles. The molecular formula is C16H22ClNO. The maximum absolute atomic E-state index is 12.3. The average Bonchev–Trinajstić information content (AvgIpc) is 2.88. The Hall–Kier alpha value is -1.02. The van der Waals surface area contributed by atoms with Crippen LogP contribution < -0.4 is 5.32 Å². The largest absolute Gasteiger partial charge is 0.345 e. The van der Waals surface area contributed by atoms with E-state index in [0.29, 0.717) is 11.8 Å². The minimum atomic E-state index is -0.185. The van der Waals surface area contributed by atoms with E-state index < -0.39 is 0 Å². The summed E-state index contributed by atoms with van der Waals surface area (Å²) in [6.07, 6.45) is 4.29. The Morgan fingerprint density at radius 2 is 1.84 bits per heavy atom. The molecule has 0 radical (unpaired) electrons. The lowest BCUT2D eigenvalue weighted by Gasteiger charge is -2.27. The number of nitrogens with one attached hydrogen (secondary N) is 1. The van der Waals surface area contributed by atoms with Gasteiger partial charge in [0.15, 0.2) is 0 Å². The van der Waals surface area contributed by atoms with Crippen LogP contribution in [0.3, 0.4) is 0 Å². The van der Waals surface area contributed by atoms with Crippen molar-refractivity contribution in [1.29, 1.82) is 0 Å². The molecule has 2 nitrogen and oxygen atoms in total. The van der Waals surface area contributed by atoms with Crippen molar-refractivity contribution < 1.29 is 4.79 Å². The molecule has 19 heavy (non-hydrogen) atoms. The van der Waals surface area contributed by atoms with Gasteiger partial charge in [-0.05, 0) is 36.5 Å². The van der Waals surface area contributed by atoms with Crippen molar-refractivity contribution >= 4 is 17.5 Å². The van der Waals surface area contributed by atoms with Gasteiger partial charge in [-0.2, -0.15) is 0 Å². The van der Waals surface area contributed by atoms with Crippen molar-refractivity contribution in [3.8, 4) is 0 Å².